The number of unbranched alkanes of at least 4 members (excludes halogenated alkanes) is 1. The van der Waals surface area contributed by atoms with Gasteiger partial charge in [0.05, 0.1) is 5.75 Å². The topological polar surface area (TPSA) is 37.4 Å². The van der Waals surface area contributed by atoms with E-state index in [1.165, 1.54) is 0 Å². The zero-order valence-electron chi connectivity index (χ0n) is 10.2. The van der Waals surface area contributed by atoms with E-state index in [-0.39, 0.29) is 17.7 Å². The normalized spacial score (nSPS) is 19.0. The van der Waals surface area contributed by atoms with E-state index in [9.17, 15) is 8.42 Å². The predicted molar refractivity (Wildman–Crippen MR) is 68.3 cm³/mol. The van der Waals surface area contributed by atoms with Crippen molar-refractivity contribution in [3.8, 4) is 0 Å². The predicted octanol–water partition coefficient (Wildman–Crippen LogP) is 2.46. The standard InChI is InChI=1S/C11H22ClNO2S/c1-3-4-7-13(11-5-6-11)16(14,15)9-10(2)8-12/h10-11H,3-9H2,1-2H3. The minimum Gasteiger partial charge on any atom is -0.212 e. The Morgan fingerprint density at radius 2 is 2.06 bits per heavy atom. The molecular formula is C11H22ClNO2S. The maximum atomic E-state index is 12.2. The minimum absolute atomic E-state index is 0.0366. The fourth-order valence-electron chi connectivity index (χ4n) is 1.73. The van der Waals surface area contributed by atoms with E-state index >= 15 is 0 Å². The zero-order chi connectivity index (χ0) is 12.2. The maximum Gasteiger partial charge on any atom is 0.214 e. The summed E-state index contributed by atoms with van der Waals surface area (Å²) >= 11 is 5.68. The van der Waals surface area contributed by atoms with Gasteiger partial charge in [-0.05, 0) is 25.2 Å². The largest absolute Gasteiger partial charge is 0.214 e. The van der Waals surface area contributed by atoms with Crippen molar-refractivity contribution in [2.24, 2.45) is 5.92 Å². The number of hydrogen-bond donors (Lipinski definition) is 0. The molecular weight excluding hydrogens is 246 g/mol. The van der Waals surface area contributed by atoms with E-state index in [4.69, 9.17) is 11.6 Å². The average molecular weight is 268 g/mol. The highest BCUT2D eigenvalue weighted by molar-refractivity contribution is 7.89. The van der Waals surface area contributed by atoms with Gasteiger partial charge in [-0.15, -0.1) is 11.6 Å². The summed E-state index contributed by atoms with van der Waals surface area (Å²) in [5, 5.41) is 0. The third-order valence-electron chi connectivity index (χ3n) is 2.80. The first-order chi connectivity index (χ1) is 7.51. The zero-order valence-corrected chi connectivity index (χ0v) is 11.7. The highest BCUT2D eigenvalue weighted by Gasteiger charge is 2.36. The van der Waals surface area contributed by atoms with Gasteiger partial charge in [0.1, 0.15) is 0 Å². The molecule has 0 heterocycles. The van der Waals surface area contributed by atoms with Crippen molar-refractivity contribution < 1.29 is 8.42 Å². The summed E-state index contributed by atoms with van der Waals surface area (Å²) in [6, 6.07) is 0.277. The van der Waals surface area contributed by atoms with Gasteiger partial charge in [0.15, 0.2) is 0 Å². The number of alkyl halides is 1. The second-order valence-corrected chi connectivity index (χ2v) is 7.01. The Hall–Kier alpha value is 0.200. The summed E-state index contributed by atoms with van der Waals surface area (Å²) in [5.74, 6) is 0.636. The van der Waals surface area contributed by atoms with Gasteiger partial charge in [-0.3, -0.25) is 0 Å². The molecule has 0 spiro atoms. The average Bonchev–Trinajstić information content (AvgIpc) is 3.01. The van der Waals surface area contributed by atoms with Crippen LogP contribution in [0.5, 0.6) is 0 Å². The van der Waals surface area contributed by atoms with Crippen LogP contribution in [0, 0.1) is 5.92 Å². The van der Waals surface area contributed by atoms with Crippen LogP contribution in [0.4, 0.5) is 0 Å². The SMILES string of the molecule is CCCCN(C1CC1)S(=O)(=O)CC(C)CCl. The summed E-state index contributed by atoms with van der Waals surface area (Å²) in [7, 11) is -3.09. The van der Waals surface area contributed by atoms with Gasteiger partial charge < -0.3 is 0 Å². The molecule has 1 unspecified atom stereocenters. The molecule has 1 rings (SSSR count). The Labute approximate surface area is 104 Å². The van der Waals surface area contributed by atoms with Crippen LogP contribution in [0.25, 0.3) is 0 Å². The summed E-state index contributed by atoms with van der Waals surface area (Å²) in [6.45, 7) is 4.65. The molecule has 1 aliphatic carbocycles. The van der Waals surface area contributed by atoms with E-state index in [1.54, 1.807) is 4.31 Å². The Morgan fingerprint density at radius 1 is 1.44 bits per heavy atom. The molecule has 0 aromatic carbocycles. The Balaban J connectivity index is 2.60. The number of halogens is 1. The smallest absolute Gasteiger partial charge is 0.212 e. The molecule has 1 aliphatic rings. The van der Waals surface area contributed by atoms with E-state index in [1.807, 2.05) is 6.92 Å². The van der Waals surface area contributed by atoms with Crippen LogP contribution in [0.15, 0.2) is 0 Å². The quantitative estimate of drug-likeness (QED) is 0.634. The fourth-order valence-corrected chi connectivity index (χ4v) is 4.06. The van der Waals surface area contributed by atoms with Crippen molar-refractivity contribution in [1.29, 1.82) is 0 Å². The number of nitrogens with zero attached hydrogens (tertiary/aromatic N) is 1. The Morgan fingerprint density at radius 3 is 2.50 bits per heavy atom. The van der Waals surface area contributed by atoms with Crippen molar-refractivity contribution in [3.05, 3.63) is 0 Å². The van der Waals surface area contributed by atoms with Gasteiger partial charge in [-0.25, -0.2) is 8.42 Å². The highest BCUT2D eigenvalue weighted by atomic mass is 35.5. The molecule has 5 heteroatoms. The van der Waals surface area contributed by atoms with Gasteiger partial charge in [-0.2, -0.15) is 4.31 Å². The third kappa shape index (κ3) is 4.22. The van der Waals surface area contributed by atoms with Crippen molar-refractivity contribution in [2.75, 3.05) is 18.2 Å². The summed E-state index contributed by atoms with van der Waals surface area (Å²) in [5.41, 5.74) is 0. The summed E-state index contributed by atoms with van der Waals surface area (Å²) < 4.78 is 26.0. The first-order valence-corrected chi connectivity index (χ1v) is 8.21. The lowest BCUT2D eigenvalue weighted by Gasteiger charge is -2.23. The lowest BCUT2D eigenvalue weighted by Crippen LogP contribution is -2.37. The third-order valence-corrected chi connectivity index (χ3v) is 5.51. The van der Waals surface area contributed by atoms with Crippen molar-refractivity contribution >= 4 is 21.6 Å². The number of hydrogen-bond acceptors (Lipinski definition) is 2. The fraction of sp³-hybridized carbons (Fsp3) is 1.00. The monoisotopic (exact) mass is 267 g/mol. The van der Waals surface area contributed by atoms with Crippen molar-refractivity contribution in [1.82, 2.24) is 4.31 Å². The van der Waals surface area contributed by atoms with Crippen LogP contribution in [-0.2, 0) is 10.0 Å². The molecule has 0 N–H and O–H groups in total. The Bertz CT molecular complexity index is 301. The van der Waals surface area contributed by atoms with Gasteiger partial charge in [0.25, 0.3) is 0 Å². The van der Waals surface area contributed by atoms with E-state index < -0.39 is 10.0 Å². The molecule has 0 aliphatic heterocycles. The van der Waals surface area contributed by atoms with Crippen LogP contribution in [-0.4, -0.2) is 36.9 Å². The molecule has 96 valence electrons. The second-order valence-electron chi connectivity index (χ2n) is 4.73. The maximum absolute atomic E-state index is 12.2. The molecule has 0 aromatic heterocycles. The number of sulfonamides is 1. The molecule has 0 radical (unpaired) electrons. The van der Waals surface area contributed by atoms with Crippen LogP contribution in [0.2, 0.25) is 0 Å². The molecule has 1 atom stereocenters. The number of rotatable bonds is 8. The van der Waals surface area contributed by atoms with Gasteiger partial charge in [0, 0.05) is 18.5 Å². The van der Waals surface area contributed by atoms with E-state index in [0.29, 0.717) is 12.4 Å². The molecule has 16 heavy (non-hydrogen) atoms. The van der Waals surface area contributed by atoms with E-state index in [2.05, 4.69) is 6.92 Å². The first-order valence-electron chi connectivity index (χ1n) is 6.06. The van der Waals surface area contributed by atoms with Crippen LogP contribution < -0.4 is 0 Å². The molecule has 0 bridgehead atoms. The van der Waals surface area contributed by atoms with Gasteiger partial charge >= 0.3 is 0 Å². The van der Waals surface area contributed by atoms with Crippen LogP contribution >= 0.6 is 11.6 Å². The minimum atomic E-state index is -3.09. The lowest BCUT2D eigenvalue weighted by atomic mass is 10.3. The summed E-state index contributed by atoms with van der Waals surface area (Å²) in [6.07, 6.45) is 4.03. The molecule has 3 nitrogen and oxygen atoms in total. The molecule has 1 saturated carbocycles. The van der Waals surface area contributed by atoms with Crippen molar-refractivity contribution in [3.63, 3.8) is 0 Å². The molecule has 1 fully saturated rings. The highest BCUT2D eigenvalue weighted by Crippen LogP contribution is 2.30. The van der Waals surface area contributed by atoms with Gasteiger partial charge in [0.2, 0.25) is 10.0 Å². The molecule has 0 amide bonds. The van der Waals surface area contributed by atoms with Crippen LogP contribution in [0.1, 0.15) is 39.5 Å². The van der Waals surface area contributed by atoms with Gasteiger partial charge in [-0.1, -0.05) is 20.3 Å². The second kappa shape index (κ2) is 6.22. The molecule has 0 saturated heterocycles. The van der Waals surface area contributed by atoms with Crippen molar-refractivity contribution in [2.45, 2.75) is 45.6 Å². The van der Waals surface area contributed by atoms with Crippen LogP contribution in [0.3, 0.4) is 0 Å². The first kappa shape index (κ1) is 14.3. The lowest BCUT2D eigenvalue weighted by molar-refractivity contribution is 0.392. The van der Waals surface area contributed by atoms with E-state index in [0.717, 1.165) is 25.7 Å². The summed E-state index contributed by atoms with van der Waals surface area (Å²) in [4.78, 5) is 0. The Kier molecular flexibility index (Phi) is 5.54. The molecule has 0 aromatic rings.